The summed E-state index contributed by atoms with van der Waals surface area (Å²) in [5.41, 5.74) is 1.02. The van der Waals surface area contributed by atoms with Gasteiger partial charge < -0.3 is 10.2 Å². The van der Waals surface area contributed by atoms with Crippen molar-refractivity contribution in [3.8, 4) is 0 Å². The molecule has 0 bridgehead atoms. The molecule has 1 aromatic rings. The summed E-state index contributed by atoms with van der Waals surface area (Å²) < 4.78 is 0.972. The number of nitrogens with one attached hydrogen (secondary N) is 1. The summed E-state index contributed by atoms with van der Waals surface area (Å²) in [4.78, 5) is 26.3. The van der Waals surface area contributed by atoms with Crippen LogP contribution >= 0.6 is 15.9 Å². The van der Waals surface area contributed by atoms with Crippen LogP contribution < -0.4 is 5.32 Å². The average Bonchev–Trinajstić information content (AvgIpc) is 2.47. The fraction of sp³-hybridized carbons (Fsp3) is 0.500. The molecule has 0 aromatic heterocycles. The molecule has 1 saturated heterocycles. The van der Waals surface area contributed by atoms with E-state index in [1.165, 1.54) is 0 Å². The zero-order valence-electron chi connectivity index (χ0n) is 12.6. The first-order valence-corrected chi connectivity index (χ1v) is 8.08. The average molecular weight is 353 g/mol. The van der Waals surface area contributed by atoms with E-state index in [0.717, 1.165) is 16.5 Å². The third kappa shape index (κ3) is 3.46. The van der Waals surface area contributed by atoms with Gasteiger partial charge in [0.25, 0.3) is 0 Å². The maximum Gasteiger partial charge on any atom is 0.246 e. The van der Waals surface area contributed by atoms with E-state index in [9.17, 15) is 9.59 Å². The Morgan fingerprint density at radius 3 is 2.71 bits per heavy atom. The highest BCUT2D eigenvalue weighted by Crippen LogP contribution is 2.26. The van der Waals surface area contributed by atoms with Crippen LogP contribution in [0.15, 0.2) is 28.7 Å². The van der Waals surface area contributed by atoms with Crippen LogP contribution in [-0.4, -0.2) is 29.3 Å². The van der Waals surface area contributed by atoms with Gasteiger partial charge in [-0.25, -0.2) is 0 Å². The molecule has 1 aromatic carbocycles. The molecular weight excluding hydrogens is 332 g/mol. The van der Waals surface area contributed by atoms with Gasteiger partial charge in [0.2, 0.25) is 11.8 Å². The van der Waals surface area contributed by atoms with E-state index in [1.54, 1.807) is 4.90 Å². The summed E-state index contributed by atoms with van der Waals surface area (Å²) >= 11 is 3.44. The first kappa shape index (κ1) is 16.0. The molecule has 0 spiro atoms. The predicted octanol–water partition coefficient (Wildman–Crippen LogP) is 2.88. The Hall–Kier alpha value is -1.36. The number of piperazine rings is 1. The molecule has 1 aliphatic rings. The smallest absolute Gasteiger partial charge is 0.246 e. The quantitative estimate of drug-likeness (QED) is 0.905. The Labute approximate surface area is 134 Å². The molecule has 1 N–H and O–H groups in total. The van der Waals surface area contributed by atoms with E-state index >= 15 is 0 Å². The number of carbonyl (C=O) groups is 2. The molecule has 3 unspecified atom stereocenters. The number of halogens is 1. The van der Waals surface area contributed by atoms with Crippen LogP contribution in [0.1, 0.15) is 38.8 Å². The molecule has 0 radical (unpaired) electrons. The van der Waals surface area contributed by atoms with Crippen molar-refractivity contribution >= 4 is 27.7 Å². The van der Waals surface area contributed by atoms with Gasteiger partial charge in [0, 0.05) is 4.47 Å². The van der Waals surface area contributed by atoms with Gasteiger partial charge in [-0.3, -0.25) is 9.59 Å². The summed E-state index contributed by atoms with van der Waals surface area (Å²) in [6, 6.07) is 7.33. The molecule has 21 heavy (non-hydrogen) atoms. The highest BCUT2D eigenvalue weighted by Gasteiger charge is 2.37. The molecule has 2 rings (SSSR count). The normalized spacial score (nSPS) is 21.9. The fourth-order valence-electron chi connectivity index (χ4n) is 2.59. The zero-order chi connectivity index (χ0) is 15.6. The van der Waals surface area contributed by atoms with Gasteiger partial charge >= 0.3 is 0 Å². The molecule has 5 heteroatoms. The van der Waals surface area contributed by atoms with Gasteiger partial charge in [-0.2, -0.15) is 0 Å². The Bertz CT molecular complexity index is 547. The van der Waals surface area contributed by atoms with E-state index in [2.05, 4.69) is 21.2 Å². The highest BCUT2D eigenvalue weighted by molar-refractivity contribution is 9.10. The summed E-state index contributed by atoms with van der Waals surface area (Å²) in [6.07, 6.45) is 0.857. The van der Waals surface area contributed by atoms with Gasteiger partial charge in [-0.1, -0.05) is 48.3 Å². The summed E-state index contributed by atoms with van der Waals surface area (Å²) in [5.74, 6) is 0.0668. The molecule has 0 saturated carbocycles. The van der Waals surface area contributed by atoms with Gasteiger partial charge in [0.1, 0.15) is 12.6 Å². The van der Waals surface area contributed by atoms with Crippen LogP contribution in [-0.2, 0) is 9.59 Å². The zero-order valence-corrected chi connectivity index (χ0v) is 14.2. The lowest BCUT2D eigenvalue weighted by atomic mass is 9.94. The molecule has 1 heterocycles. The second-order valence-electron chi connectivity index (χ2n) is 5.63. The monoisotopic (exact) mass is 352 g/mol. The Kier molecular flexibility index (Phi) is 5.04. The van der Waals surface area contributed by atoms with Crippen molar-refractivity contribution in [1.82, 2.24) is 10.2 Å². The molecule has 0 aliphatic carbocycles. The minimum Gasteiger partial charge on any atom is -0.342 e. The number of nitrogens with zero attached hydrogens (tertiary/aromatic N) is 1. The largest absolute Gasteiger partial charge is 0.342 e. The highest BCUT2D eigenvalue weighted by atomic mass is 79.9. The predicted molar refractivity (Wildman–Crippen MR) is 85.7 cm³/mol. The number of carbonyl (C=O) groups excluding carboxylic acids is 2. The summed E-state index contributed by atoms with van der Waals surface area (Å²) in [5, 5.41) is 2.83. The lowest BCUT2D eigenvalue weighted by molar-refractivity contribution is -0.148. The minimum atomic E-state index is -0.411. The van der Waals surface area contributed by atoms with Crippen molar-refractivity contribution < 1.29 is 9.59 Å². The maximum atomic E-state index is 12.7. The number of benzene rings is 1. The SMILES string of the molecule is CCC(C)C1NC(=O)CN(C(C)c2cccc(Br)c2)C1=O. The number of amides is 2. The van der Waals surface area contributed by atoms with E-state index in [-0.39, 0.29) is 30.3 Å². The van der Waals surface area contributed by atoms with E-state index in [0.29, 0.717) is 0 Å². The van der Waals surface area contributed by atoms with Crippen LogP contribution in [0.25, 0.3) is 0 Å². The molecule has 4 nitrogen and oxygen atoms in total. The molecule has 3 atom stereocenters. The molecular formula is C16H21BrN2O2. The number of rotatable bonds is 4. The van der Waals surface area contributed by atoms with Gasteiger partial charge in [0.05, 0.1) is 6.04 Å². The molecule has 1 fully saturated rings. The topological polar surface area (TPSA) is 49.4 Å². The lowest BCUT2D eigenvalue weighted by Crippen LogP contribution is -2.60. The van der Waals surface area contributed by atoms with Crippen molar-refractivity contribution in [3.63, 3.8) is 0 Å². The van der Waals surface area contributed by atoms with Crippen LogP contribution in [0.3, 0.4) is 0 Å². The Balaban J connectivity index is 2.25. The number of hydrogen-bond donors (Lipinski definition) is 1. The standard InChI is InChI=1S/C16H21BrN2O2/c1-4-10(2)15-16(21)19(9-14(20)18-15)11(3)12-6-5-7-13(17)8-12/h5-8,10-11,15H,4,9H2,1-3H3,(H,18,20). The van der Waals surface area contributed by atoms with Crippen LogP contribution in [0.4, 0.5) is 0 Å². The van der Waals surface area contributed by atoms with Gasteiger partial charge in [-0.05, 0) is 30.5 Å². The third-order valence-electron chi connectivity index (χ3n) is 4.19. The van der Waals surface area contributed by atoms with E-state index in [4.69, 9.17) is 0 Å². The van der Waals surface area contributed by atoms with Crippen molar-refractivity contribution in [2.45, 2.75) is 39.3 Å². The summed E-state index contributed by atoms with van der Waals surface area (Å²) in [6.45, 7) is 6.11. The van der Waals surface area contributed by atoms with Crippen molar-refractivity contribution in [2.75, 3.05) is 6.54 Å². The van der Waals surface area contributed by atoms with Crippen molar-refractivity contribution in [2.24, 2.45) is 5.92 Å². The summed E-state index contributed by atoms with van der Waals surface area (Å²) in [7, 11) is 0. The van der Waals surface area contributed by atoms with Crippen LogP contribution in [0.5, 0.6) is 0 Å². The lowest BCUT2D eigenvalue weighted by Gasteiger charge is -2.38. The minimum absolute atomic E-state index is 0.0106. The first-order valence-electron chi connectivity index (χ1n) is 7.29. The fourth-order valence-corrected chi connectivity index (χ4v) is 3.00. The molecule has 2 amide bonds. The third-order valence-corrected chi connectivity index (χ3v) is 4.68. The second kappa shape index (κ2) is 6.60. The van der Waals surface area contributed by atoms with Gasteiger partial charge in [-0.15, -0.1) is 0 Å². The van der Waals surface area contributed by atoms with E-state index < -0.39 is 6.04 Å². The number of hydrogen-bond acceptors (Lipinski definition) is 2. The van der Waals surface area contributed by atoms with Crippen LogP contribution in [0, 0.1) is 5.92 Å². The van der Waals surface area contributed by atoms with E-state index in [1.807, 2.05) is 45.0 Å². The molecule has 114 valence electrons. The Morgan fingerprint density at radius 1 is 1.38 bits per heavy atom. The molecule has 1 aliphatic heterocycles. The van der Waals surface area contributed by atoms with Gasteiger partial charge in [0.15, 0.2) is 0 Å². The second-order valence-corrected chi connectivity index (χ2v) is 6.54. The first-order chi connectivity index (χ1) is 9.93. The van der Waals surface area contributed by atoms with Crippen molar-refractivity contribution in [3.05, 3.63) is 34.3 Å². The maximum absolute atomic E-state index is 12.7. The van der Waals surface area contributed by atoms with Crippen LogP contribution in [0.2, 0.25) is 0 Å². The Morgan fingerprint density at radius 2 is 2.10 bits per heavy atom. The van der Waals surface area contributed by atoms with Crippen molar-refractivity contribution in [1.29, 1.82) is 0 Å².